The lowest BCUT2D eigenvalue weighted by molar-refractivity contribution is 0.628. The van der Waals surface area contributed by atoms with Gasteiger partial charge in [-0.1, -0.05) is 36.4 Å². The molecular formula is C14H15ClFN. The Morgan fingerprint density at radius 3 is 2.18 bits per heavy atom. The zero-order valence-electron chi connectivity index (χ0n) is 9.56. The quantitative estimate of drug-likeness (QED) is 0.860. The maximum absolute atomic E-state index is 12.8. The van der Waals surface area contributed by atoms with Crippen LogP contribution in [0.25, 0.3) is 11.1 Å². The molecule has 2 aromatic rings. The SMILES string of the molecule is CC(N)c1ccccc1-c1ccc(F)cc1.Cl. The number of benzene rings is 2. The molecule has 0 aliphatic heterocycles. The molecule has 2 rings (SSSR count). The predicted molar refractivity (Wildman–Crippen MR) is 71.7 cm³/mol. The van der Waals surface area contributed by atoms with Crippen LogP contribution >= 0.6 is 12.4 Å². The smallest absolute Gasteiger partial charge is 0.123 e. The first-order chi connectivity index (χ1) is 7.68. The molecule has 0 radical (unpaired) electrons. The molecule has 2 aromatic carbocycles. The van der Waals surface area contributed by atoms with Gasteiger partial charge in [-0.2, -0.15) is 0 Å². The van der Waals surface area contributed by atoms with Gasteiger partial charge in [0.25, 0.3) is 0 Å². The minimum Gasteiger partial charge on any atom is -0.324 e. The molecule has 0 spiro atoms. The summed E-state index contributed by atoms with van der Waals surface area (Å²) in [6.07, 6.45) is 0. The predicted octanol–water partition coefficient (Wildman–Crippen LogP) is 3.93. The highest BCUT2D eigenvalue weighted by Crippen LogP contribution is 2.27. The van der Waals surface area contributed by atoms with Gasteiger partial charge in [0.15, 0.2) is 0 Å². The Morgan fingerprint density at radius 1 is 1.00 bits per heavy atom. The Bertz CT molecular complexity index is 480. The van der Waals surface area contributed by atoms with Crippen molar-refractivity contribution in [2.75, 3.05) is 0 Å². The number of rotatable bonds is 2. The van der Waals surface area contributed by atoms with Gasteiger partial charge in [-0.3, -0.25) is 0 Å². The molecule has 3 heteroatoms. The summed E-state index contributed by atoms with van der Waals surface area (Å²) in [4.78, 5) is 0. The maximum atomic E-state index is 12.8. The molecule has 90 valence electrons. The van der Waals surface area contributed by atoms with Crippen molar-refractivity contribution in [2.24, 2.45) is 5.73 Å². The van der Waals surface area contributed by atoms with Gasteiger partial charge in [-0.15, -0.1) is 12.4 Å². The third kappa shape index (κ3) is 3.05. The van der Waals surface area contributed by atoms with E-state index in [1.165, 1.54) is 12.1 Å². The highest BCUT2D eigenvalue weighted by atomic mass is 35.5. The molecule has 2 N–H and O–H groups in total. The van der Waals surface area contributed by atoms with E-state index in [-0.39, 0.29) is 24.3 Å². The van der Waals surface area contributed by atoms with E-state index in [1.807, 2.05) is 31.2 Å². The molecule has 1 nitrogen and oxygen atoms in total. The summed E-state index contributed by atoms with van der Waals surface area (Å²) in [7, 11) is 0. The molecule has 1 atom stereocenters. The highest BCUT2D eigenvalue weighted by molar-refractivity contribution is 5.85. The summed E-state index contributed by atoms with van der Waals surface area (Å²) >= 11 is 0. The molecule has 1 unspecified atom stereocenters. The second kappa shape index (κ2) is 5.80. The molecule has 0 aliphatic carbocycles. The lowest BCUT2D eigenvalue weighted by Crippen LogP contribution is -2.06. The average molecular weight is 252 g/mol. The second-order valence-corrected chi connectivity index (χ2v) is 3.88. The molecule has 0 saturated heterocycles. The summed E-state index contributed by atoms with van der Waals surface area (Å²) in [6.45, 7) is 1.95. The first kappa shape index (κ1) is 13.7. The van der Waals surface area contributed by atoms with E-state index in [1.54, 1.807) is 12.1 Å². The van der Waals surface area contributed by atoms with E-state index < -0.39 is 0 Å². The normalized spacial score (nSPS) is 11.7. The molecule has 0 aliphatic rings. The van der Waals surface area contributed by atoms with Crippen LogP contribution in [0.1, 0.15) is 18.5 Å². The molecule has 0 fully saturated rings. The summed E-state index contributed by atoms with van der Waals surface area (Å²) in [6, 6.07) is 14.4. The fourth-order valence-corrected chi connectivity index (χ4v) is 1.79. The van der Waals surface area contributed by atoms with Crippen molar-refractivity contribution in [3.8, 4) is 11.1 Å². The van der Waals surface area contributed by atoms with Crippen LogP contribution in [0.4, 0.5) is 4.39 Å². The van der Waals surface area contributed by atoms with Crippen molar-refractivity contribution in [1.29, 1.82) is 0 Å². The number of halogens is 2. The van der Waals surface area contributed by atoms with E-state index in [0.717, 1.165) is 16.7 Å². The average Bonchev–Trinajstić information content (AvgIpc) is 2.30. The maximum Gasteiger partial charge on any atom is 0.123 e. The third-order valence-electron chi connectivity index (χ3n) is 2.61. The van der Waals surface area contributed by atoms with E-state index in [0.29, 0.717) is 0 Å². The van der Waals surface area contributed by atoms with Gasteiger partial charge in [0.05, 0.1) is 0 Å². The van der Waals surface area contributed by atoms with Crippen molar-refractivity contribution in [2.45, 2.75) is 13.0 Å². The van der Waals surface area contributed by atoms with Crippen LogP contribution in [0, 0.1) is 5.82 Å². The molecule has 0 heterocycles. The number of hydrogen-bond donors (Lipinski definition) is 1. The minimum atomic E-state index is -0.220. The van der Waals surface area contributed by atoms with Crippen LogP contribution in [0.3, 0.4) is 0 Å². The van der Waals surface area contributed by atoms with E-state index in [4.69, 9.17) is 5.73 Å². The lowest BCUT2D eigenvalue weighted by Gasteiger charge is -2.12. The molecular weight excluding hydrogens is 237 g/mol. The molecule has 0 amide bonds. The van der Waals surface area contributed by atoms with Crippen LogP contribution < -0.4 is 5.73 Å². The number of hydrogen-bond acceptors (Lipinski definition) is 1. The molecule has 0 saturated carbocycles. The zero-order chi connectivity index (χ0) is 11.5. The molecule has 0 bridgehead atoms. The van der Waals surface area contributed by atoms with Gasteiger partial charge in [-0.25, -0.2) is 4.39 Å². The monoisotopic (exact) mass is 251 g/mol. The fraction of sp³-hybridized carbons (Fsp3) is 0.143. The number of nitrogens with two attached hydrogens (primary N) is 1. The summed E-state index contributed by atoms with van der Waals surface area (Å²) in [5.74, 6) is -0.220. The lowest BCUT2D eigenvalue weighted by atomic mass is 9.96. The van der Waals surface area contributed by atoms with Gasteiger partial charge in [0, 0.05) is 6.04 Å². The first-order valence-corrected chi connectivity index (χ1v) is 5.29. The standard InChI is InChI=1S/C14H14FN.ClH/c1-10(16)13-4-2-3-5-14(13)11-6-8-12(15)9-7-11;/h2-10H,16H2,1H3;1H. The van der Waals surface area contributed by atoms with Gasteiger partial charge in [0.1, 0.15) is 5.82 Å². The minimum absolute atomic E-state index is 0. The fourth-order valence-electron chi connectivity index (χ4n) is 1.79. The topological polar surface area (TPSA) is 26.0 Å². The zero-order valence-corrected chi connectivity index (χ0v) is 10.4. The Balaban J connectivity index is 0.00000144. The van der Waals surface area contributed by atoms with Crippen molar-refractivity contribution in [3.63, 3.8) is 0 Å². The van der Waals surface area contributed by atoms with E-state index >= 15 is 0 Å². The van der Waals surface area contributed by atoms with Crippen LogP contribution in [0.15, 0.2) is 48.5 Å². The van der Waals surface area contributed by atoms with E-state index in [2.05, 4.69) is 0 Å². The largest absolute Gasteiger partial charge is 0.324 e. The Kier molecular flexibility index (Phi) is 4.67. The van der Waals surface area contributed by atoms with Crippen LogP contribution in [0.2, 0.25) is 0 Å². The summed E-state index contributed by atoms with van der Waals surface area (Å²) in [5, 5.41) is 0. The van der Waals surface area contributed by atoms with Crippen molar-refractivity contribution >= 4 is 12.4 Å². The van der Waals surface area contributed by atoms with Crippen molar-refractivity contribution in [3.05, 3.63) is 59.9 Å². The Hall–Kier alpha value is -1.38. The van der Waals surface area contributed by atoms with E-state index in [9.17, 15) is 4.39 Å². The first-order valence-electron chi connectivity index (χ1n) is 5.29. The Labute approximate surface area is 107 Å². The van der Waals surface area contributed by atoms with Crippen molar-refractivity contribution < 1.29 is 4.39 Å². The van der Waals surface area contributed by atoms with Crippen LogP contribution in [0.5, 0.6) is 0 Å². The van der Waals surface area contributed by atoms with Gasteiger partial charge in [0.2, 0.25) is 0 Å². The summed E-state index contributed by atoms with van der Waals surface area (Å²) in [5.41, 5.74) is 9.05. The highest BCUT2D eigenvalue weighted by Gasteiger charge is 2.07. The second-order valence-electron chi connectivity index (χ2n) is 3.88. The van der Waals surface area contributed by atoms with Crippen LogP contribution in [-0.2, 0) is 0 Å². The summed E-state index contributed by atoms with van der Waals surface area (Å²) < 4.78 is 12.8. The molecule has 0 aromatic heterocycles. The van der Waals surface area contributed by atoms with Crippen LogP contribution in [-0.4, -0.2) is 0 Å². The van der Waals surface area contributed by atoms with Gasteiger partial charge < -0.3 is 5.73 Å². The molecule has 17 heavy (non-hydrogen) atoms. The van der Waals surface area contributed by atoms with Gasteiger partial charge in [-0.05, 0) is 35.7 Å². The Morgan fingerprint density at radius 2 is 1.59 bits per heavy atom. The van der Waals surface area contributed by atoms with Crippen molar-refractivity contribution in [1.82, 2.24) is 0 Å². The third-order valence-corrected chi connectivity index (χ3v) is 2.61. The van der Waals surface area contributed by atoms with Gasteiger partial charge >= 0.3 is 0 Å².